The van der Waals surface area contributed by atoms with Crippen LogP contribution in [-0.2, 0) is 9.53 Å². The summed E-state index contributed by atoms with van der Waals surface area (Å²) in [5.41, 5.74) is 3.53. The number of hydrazine groups is 1. The number of nitrogens with one attached hydrogen (secondary N) is 6. The molecule has 4 aliphatic heterocycles. The van der Waals surface area contributed by atoms with Gasteiger partial charge in [0.15, 0.2) is 0 Å². The van der Waals surface area contributed by atoms with Crippen LogP contribution in [0, 0.1) is 17.8 Å². The molecule has 5 aliphatic rings. The maximum atomic E-state index is 13.2. The largest absolute Gasteiger partial charge is 0.378 e. The van der Waals surface area contributed by atoms with Crippen molar-refractivity contribution in [3.63, 3.8) is 0 Å². The van der Waals surface area contributed by atoms with E-state index in [1.54, 1.807) is 0 Å². The first kappa shape index (κ1) is 24.2. The molecule has 7 unspecified atom stereocenters. The van der Waals surface area contributed by atoms with Gasteiger partial charge in [0.25, 0.3) is 0 Å². The zero-order chi connectivity index (χ0) is 22.8. The van der Waals surface area contributed by atoms with E-state index in [0.29, 0.717) is 24.6 Å². The van der Waals surface area contributed by atoms with E-state index in [2.05, 4.69) is 55.8 Å². The van der Waals surface area contributed by atoms with Crippen LogP contribution in [0.15, 0.2) is 0 Å². The highest BCUT2D eigenvalue weighted by Gasteiger charge is 2.45. The van der Waals surface area contributed by atoms with Gasteiger partial charge in [0, 0.05) is 57.2 Å². The summed E-state index contributed by atoms with van der Waals surface area (Å²) in [4.78, 5) is 13.2. The van der Waals surface area contributed by atoms with Gasteiger partial charge in [-0.1, -0.05) is 0 Å². The number of amides is 1. The molecule has 5 fully saturated rings. The molecule has 0 radical (unpaired) electrons. The number of thioether (sulfide) groups is 1. The normalized spacial score (nSPS) is 43.8. The van der Waals surface area contributed by atoms with Gasteiger partial charge in [-0.2, -0.15) is 11.8 Å². The number of hydrogen-bond donors (Lipinski definition) is 6. The number of hydrogen-bond acceptors (Lipinski definition) is 9. The highest BCUT2D eigenvalue weighted by Crippen LogP contribution is 2.38. The second kappa shape index (κ2) is 11.1. The Balaban J connectivity index is 1.06. The van der Waals surface area contributed by atoms with Crippen LogP contribution in [0.4, 0.5) is 0 Å². The minimum Gasteiger partial charge on any atom is -0.378 e. The van der Waals surface area contributed by atoms with Crippen molar-refractivity contribution in [2.45, 2.75) is 68.4 Å². The number of piperidine rings is 1. The number of carbonyl (C=O) groups is 1. The molecule has 7 atom stereocenters. The van der Waals surface area contributed by atoms with Crippen LogP contribution >= 0.6 is 11.8 Å². The molecule has 1 saturated carbocycles. The molecule has 9 nitrogen and oxygen atoms in total. The SMILES string of the molecule is CCOC1CC2NN(C)CC2CC1C(=O)NC1CNC(NCC2NCCC3SCCC23)NC1. The van der Waals surface area contributed by atoms with E-state index in [-0.39, 0.29) is 30.3 Å². The zero-order valence-electron chi connectivity index (χ0n) is 20.1. The first-order valence-electron chi connectivity index (χ1n) is 13.0. The van der Waals surface area contributed by atoms with Gasteiger partial charge in [0.05, 0.1) is 18.1 Å². The molecule has 1 aliphatic carbocycles. The summed E-state index contributed by atoms with van der Waals surface area (Å²) in [7, 11) is 2.09. The first-order chi connectivity index (χ1) is 16.1. The standard InChI is InChI=1S/C23H43N7O2S/c1-3-32-20-9-18-14(13-30(2)29-18)8-17(20)22(31)28-15-10-25-23(26-11-15)27-12-19-16-5-7-33-21(16)4-6-24-19/h14-21,23-27,29H,3-13H2,1-2H3,(H,28,31). The fourth-order valence-electron chi connectivity index (χ4n) is 6.64. The summed E-state index contributed by atoms with van der Waals surface area (Å²) < 4.78 is 6.02. The van der Waals surface area contributed by atoms with Crippen molar-refractivity contribution >= 4 is 17.7 Å². The molecular weight excluding hydrogens is 438 g/mol. The van der Waals surface area contributed by atoms with E-state index in [1.165, 1.54) is 18.6 Å². The lowest BCUT2D eigenvalue weighted by molar-refractivity contribution is -0.134. The molecule has 33 heavy (non-hydrogen) atoms. The third kappa shape index (κ3) is 5.69. The second-order valence-corrected chi connectivity index (χ2v) is 11.9. The highest BCUT2D eigenvalue weighted by molar-refractivity contribution is 8.00. The minimum atomic E-state index is -0.0649. The average molecular weight is 482 g/mol. The van der Waals surface area contributed by atoms with Gasteiger partial charge in [-0.15, -0.1) is 0 Å². The van der Waals surface area contributed by atoms with Crippen molar-refractivity contribution in [3.05, 3.63) is 0 Å². The summed E-state index contributed by atoms with van der Waals surface area (Å²) >= 11 is 2.16. The lowest BCUT2D eigenvalue weighted by Crippen LogP contribution is -2.67. The molecular formula is C23H43N7O2S. The van der Waals surface area contributed by atoms with Crippen LogP contribution in [-0.4, -0.2) is 98.8 Å². The molecule has 4 heterocycles. The smallest absolute Gasteiger partial charge is 0.226 e. The van der Waals surface area contributed by atoms with E-state index in [0.717, 1.165) is 56.7 Å². The highest BCUT2D eigenvalue weighted by atomic mass is 32.2. The molecule has 0 spiro atoms. The summed E-state index contributed by atoms with van der Waals surface area (Å²) in [6, 6.07) is 1.09. The first-order valence-corrected chi connectivity index (χ1v) is 14.1. The fraction of sp³-hybridized carbons (Fsp3) is 0.957. The van der Waals surface area contributed by atoms with Crippen LogP contribution < -0.4 is 32.0 Å². The van der Waals surface area contributed by atoms with Gasteiger partial charge in [-0.25, -0.2) is 5.01 Å². The monoisotopic (exact) mass is 481 g/mol. The molecule has 0 aromatic rings. The van der Waals surface area contributed by atoms with E-state index in [9.17, 15) is 4.79 Å². The number of ether oxygens (including phenoxy) is 1. The van der Waals surface area contributed by atoms with Crippen molar-refractivity contribution in [2.24, 2.45) is 17.8 Å². The van der Waals surface area contributed by atoms with Gasteiger partial charge >= 0.3 is 0 Å². The van der Waals surface area contributed by atoms with Crippen LogP contribution in [0.1, 0.15) is 32.6 Å². The molecule has 0 aromatic carbocycles. The maximum Gasteiger partial charge on any atom is 0.226 e. The molecule has 6 N–H and O–H groups in total. The van der Waals surface area contributed by atoms with Crippen molar-refractivity contribution < 1.29 is 9.53 Å². The third-order valence-electron chi connectivity index (χ3n) is 8.31. The number of nitrogens with zero attached hydrogens (tertiary/aromatic N) is 1. The Labute approximate surface area is 202 Å². The predicted molar refractivity (Wildman–Crippen MR) is 132 cm³/mol. The average Bonchev–Trinajstić information content (AvgIpc) is 3.44. The van der Waals surface area contributed by atoms with Crippen LogP contribution in [0.25, 0.3) is 0 Å². The van der Waals surface area contributed by atoms with E-state index < -0.39 is 0 Å². The summed E-state index contributed by atoms with van der Waals surface area (Å²) in [5.74, 6) is 2.72. The number of fused-ring (bicyclic) bond motifs is 2. The Morgan fingerprint density at radius 2 is 2.03 bits per heavy atom. The molecule has 5 rings (SSSR count). The lowest BCUT2D eigenvalue weighted by Gasteiger charge is -2.39. The van der Waals surface area contributed by atoms with Gasteiger partial charge in [0.2, 0.25) is 5.91 Å². The Kier molecular flexibility index (Phi) is 8.14. The molecule has 10 heteroatoms. The van der Waals surface area contributed by atoms with Gasteiger partial charge in [0.1, 0.15) is 6.29 Å². The molecule has 188 valence electrons. The number of rotatable bonds is 7. The van der Waals surface area contributed by atoms with Crippen molar-refractivity contribution in [3.8, 4) is 0 Å². The Morgan fingerprint density at radius 3 is 2.85 bits per heavy atom. The van der Waals surface area contributed by atoms with Crippen molar-refractivity contribution in [1.82, 2.24) is 37.0 Å². The molecule has 0 aromatic heterocycles. The summed E-state index contributed by atoms with van der Waals surface area (Å²) in [5, 5.41) is 20.8. The Morgan fingerprint density at radius 1 is 1.18 bits per heavy atom. The number of carbonyl (C=O) groups excluding carboxylic acids is 1. The minimum absolute atomic E-state index is 0.00487. The second-order valence-electron chi connectivity index (χ2n) is 10.5. The molecule has 1 amide bonds. The Hall–Kier alpha value is -0.460. The van der Waals surface area contributed by atoms with Crippen LogP contribution in [0.2, 0.25) is 0 Å². The van der Waals surface area contributed by atoms with Crippen LogP contribution in [0.3, 0.4) is 0 Å². The van der Waals surface area contributed by atoms with E-state index in [1.807, 2.05) is 6.92 Å². The lowest BCUT2D eigenvalue weighted by atomic mass is 9.76. The van der Waals surface area contributed by atoms with Gasteiger partial charge in [-0.05, 0) is 56.7 Å². The van der Waals surface area contributed by atoms with Gasteiger partial charge < -0.3 is 15.4 Å². The predicted octanol–water partition coefficient (Wildman–Crippen LogP) is -0.729. The third-order valence-corrected chi connectivity index (χ3v) is 9.80. The van der Waals surface area contributed by atoms with Crippen molar-refractivity contribution in [1.29, 1.82) is 0 Å². The van der Waals surface area contributed by atoms with Gasteiger partial charge in [-0.3, -0.25) is 26.2 Å². The van der Waals surface area contributed by atoms with Crippen molar-refractivity contribution in [2.75, 3.05) is 52.1 Å². The summed E-state index contributed by atoms with van der Waals surface area (Å²) in [6.45, 7) is 7.34. The topological polar surface area (TPSA) is 102 Å². The summed E-state index contributed by atoms with van der Waals surface area (Å²) in [6.07, 6.45) is 4.55. The molecule has 0 bridgehead atoms. The zero-order valence-corrected chi connectivity index (χ0v) is 21.0. The van der Waals surface area contributed by atoms with E-state index in [4.69, 9.17) is 4.74 Å². The molecule has 4 saturated heterocycles. The maximum absolute atomic E-state index is 13.2. The van der Waals surface area contributed by atoms with Crippen LogP contribution in [0.5, 0.6) is 0 Å². The quantitative estimate of drug-likeness (QED) is 0.281. The Bertz CT molecular complexity index is 665. The van der Waals surface area contributed by atoms with E-state index >= 15 is 0 Å². The fourth-order valence-corrected chi connectivity index (χ4v) is 8.21.